The fourth-order valence-electron chi connectivity index (χ4n) is 1.58. The highest BCUT2D eigenvalue weighted by Crippen LogP contribution is 2.17. The van der Waals surface area contributed by atoms with Crippen molar-refractivity contribution in [2.75, 3.05) is 6.79 Å². The van der Waals surface area contributed by atoms with Crippen LogP contribution in [0.1, 0.15) is 30.9 Å². The topological polar surface area (TPSA) is 61.6 Å². The molecule has 0 bridgehead atoms. The molecule has 0 aliphatic carbocycles. The highest BCUT2D eigenvalue weighted by Gasteiger charge is 2.13. The summed E-state index contributed by atoms with van der Waals surface area (Å²) >= 11 is 0. The molecule has 1 amide bonds. The van der Waals surface area contributed by atoms with E-state index in [0.29, 0.717) is 6.61 Å². The molecule has 1 rings (SSSR count). The van der Waals surface area contributed by atoms with Crippen LogP contribution >= 0.6 is 0 Å². The molecule has 104 valence electrons. The average molecular weight is 263 g/mol. The molecule has 0 aromatic heterocycles. The van der Waals surface area contributed by atoms with Gasteiger partial charge in [-0.2, -0.15) is 0 Å². The van der Waals surface area contributed by atoms with Gasteiger partial charge in [-0.1, -0.05) is 30.3 Å². The van der Waals surface area contributed by atoms with Crippen LogP contribution in [-0.4, -0.2) is 18.8 Å². The van der Waals surface area contributed by atoms with Gasteiger partial charge in [-0.05, 0) is 25.0 Å². The summed E-state index contributed by atoms with van der Waals surface area (Å²) in [5.74, 6) is -0.844. The molecule has 0 spiro atoms. The minimum Gasteiger partial charge on any atom is -0.369 e. The number of amides is 1. The normalized spacial score (nSPS) is 12.4. The lowest BCUT2D eigenvalue weighted by Crippen LogP contribution is -2.19. The van der Waals surface area contributed by atoms with Gasteiger partial charge in [0.2, 0.25) is 5.91 Å². The van der Waals surface area contributed by atoms with E-state index in [1.165, 1.54) is 0 Å². The zero-order valence-electron chi connectivity index (χ0n) is 11.5. The number of hydrogen-bond donors (Lipinski definition) is 1. The van der Waals surface area contributed by atoms with E-state index in [1.54, 1.807) is 6.08 Å². The first-order valence-electron chi connectivity index (χ1n) is 6.24. The van der Waals surface area contributed by atoms with Crippen molar-refractivity contribution < 1.29 is 14.3 Å². The number of nitrogens with two attached hydrogens (primary N) is 1. The number of hydrogen-bond acceptors (Lipinski definition) is 3. The van der Waals surface area contributed by atoms with Crippen LogP contribution in [0.3, 0.4) is 0 Å². The summed E-state index contributed by atoms with van der Waals surface area (Å²) in [7, 11) is 0. The number of carbonyl (C=O) groups excluding carboxylic acids is 1. The van der Waals surface area contributed by atoms with Gasteiger partial charge >= 0.3 is 0 Å². The Morgan fingerprint density at radius 3 is 2.47 bits per heavy atom. The van der Waals surface area contributed by atoms with Gasteiger partial charge in [-0.25, -0.2) is 0 Å². The number of ether oxygens (including phenoxy) is 2. The Bertz CT molecular complexity index is 412. The zero-order valence-corrected chi connectivity index (χ0v) is 11.5. The zero-order chi connectivity index (χ0) is 14.3. The van der Waals surface area contributed by atoms with E-state index in [9.17, 15) is 4.79 Å². The molecular formula is C15H21NO3. The molecule has 1 unspecified atom stereocenters. The molecule has 0 fully saturated rings. The Labute approximate surface area is 114 Å². The van der Waals surface area contributed by atoms with Crippen LogP contribution in [0, 0.1) is 0 Å². The highest BCUT2D eigenvalue weighted by atomic mass is 16.7. The highest BCUT2D eigenvalue weighted by molar-refractivity contribution is 5.83. The largest absolute Gasteiger partial charge is 0.369 e. The second kappa shape index (κ2) is 7.71. The van der Waals surface area contributed by atoms with Crippen LogP contribution in [0.5, 0.6) is 0 Å². The first-order valence-corrected chi connectivity index (χ1v) is 6.24. The molecule has 0 saturated carbocycles. The molecule has 0 aliphatic heterocycles. The molecule has 0 radical (unpaired) electrons. The van der Waals surface area contributed by atoms with Crippen molar-refractivity contribution >= 4 is 5.91 Å². The summed E-state index contributed by atoms with van der Waals surface area (Å²) < 4.78 is 10.6. The smallest absolute Gasteiger partial charge is 0.228 e. The number of benzene rings is 1. The predicted molar refractivity (Wildman–Crippen MR) is 74.5 cm³/mol. The SMILES string of the molecule is C=CC(C(N)=O)c1ccc(COCOC(C)C)cc1. The summed E-state index contributed by atoms with van der Waals surface area (Å²) in [4.78, 5) is 11.2. The summed E-state index contributed by atoms with van der Waals surface area (Å²) in [6, 6.07) is 7.53. The Morgan fingerprint density at radius 1 is 1.37 bits per heavy atom. The molecule has 19 heavy (non-hydrogen) atoms. The van der Waals surface area contributed by atoms with Gasteiger partial charge in [0.25, 0.3) is 0 Å². The summed E-state index contributed by atoms with van der Waals surface area (Å²) in [6.07, 6.45) is 1.70. The van der Waals surface area contributed by atoms with Crippen molar-refractivity contribution in [3.05, 3.63) is 48.0 Å². The van der Waals surface area contributed by atoms with Crippen LogP contribution in [0.15, 0.2) is 36.9 Å². The molecule has 1 aromatic carbocycles. The van der Waals surface area contributed by atoms with Crippen LogP contribution in [-0.2, 0) is 20.9 Å². The molecule has 2 N–H and O–H groups in total. The van der Waals surface area contributed by atoms with Crippen molar-refractivity contribution in [2.24, 2.45) is 5.73 Å². The summed E-state index contributed by atoms with van der Waals surface area (Å²) in [6.45, 7) is 8.28. The van der Waals surface area contributed by atoms with E-state index in [1.807, 2.05) is 38.1 Å². The quantitative estimate of drug-likeness (QED) is 0.445. The van der Waals surface area contributed by atoms with Gasteiger partial charge in [0.1, 0.15) is 6.79 Å². The Morgan fingerprint density at radius 2 is 2.00 bits per heavy atom. The van der Waals surface area contributed by atoms with E-state index in [-0.39, 0.29) is 12.9 Å². The van der Waals surface area contributed by atoms with E-state index < -0.39 is 11.8 Å². The van der Waals surface area contributed by atoms with E-state index in [4.69, 9.17) is 15.2 Å². The lowest BCUT2D eigenvalue weighted by molar-refractivity contribution is -0.118. The summed E-state index contributed by atoms with van der Waals surface area (Å²) in [5.41, 5.74) is 7.15. The molecule has 0 saturated heterocycles. The number of carbonyl (C=O) groups is 1. The van der Waals surface area contributed by atoms with Gasteiger partial charge in [-0.3, -0.25) is 4.79 Å². The van der Waals surface area contributed by atoms with Crippen molar-refractivity contribution in [3.8, 4) is 0 Å². The maximum Gasteiger partial charge on any atom is 0.228 e. The third-order valence-corrected chi connectivity index (χ3v) is 2.63. The average Bonchev–Trinajstić information content (AvgIpc) is 2.36. The predicted octanol–water partition coefficient (Wildman–Crippen LogP) is 2.34. The molecule has 0 heterocycles. The maximum absolute atomic E-state index is 11.2. The fourth-order valence-corrected chi connectivity index (χ4v) is 1.58. The minimum absolute atomic E-state index is 0.159. The summed E-state index contributed by atoms with van der Waals surface area (Å²) in [5, 5.41) is 0. The standard InChI is InChI=1S/C15H21NO3/c1-4-14(15(16)17)13-7-5-12(6-8-13)9-18-10-19-11(2)3/h4-8,11,14H,1,9-10H2,2-3H3,(H2,16,17). The molecular weight excluding hydrogens is 242 g/mol. The van der Waals surface area contributed by atoms with Crippen LogP contribution in [0.25, 0.3) is 0 Å². The van der Waals surface area contributed by atoms with Crippen LogP contribution < -0.4 is 5.73 Å². The number of rotatable bonds is 8. The van der Waals surface area contributed by atoms with Crippen molar-refractivity contribution in [1.29, 1.82) is 0 Å². The van der Waals surface area contributed by atoms with Gasteiger partial charge in [0.15, 0.2) is 0 Å². The van der Waals surface area contributed by atoms with Crippen molar-refractivity contribution in [3.63, 3.8) is 0 Å². The molecule has 1 atom stereocenters. The second-order valence-electron chi connectivity index (χ2n) is 4.54. The van der Waals surface area contributed by atoms with E-state index in [0.717, 1.165) is 11.1 Å². The van der Waals surface area contributed by atoms with Gasteiger partial charge < -0.3 is 15.2 Å². The minimum atomic E-state index is -0.445. The monoisotopic (exact) mass is 263 g/mol. The molecule has 0 aliphatic rings. The fraction of sp³-hybridized carbons (Fsp3) is 0.400. The van der Waals surface area contributed by atoms with Crippen LogP contribution in [0.2, 0.25) is 0 Å². The van der Waals surface area contributed by atoms with Gasteiger partial charge in [-0.15, -0.1) is 6.58 Å². The van der Waals surface area contributed by atoms with Crippen LogP contribution in [0.4, 0.5) is 0 Å². The third kappa shape index (κ3) is 5.24. The van der Waals surface area contributed by atoms with E-state index >= 15 is 0 Å². The molecule has 1 aromatic rings. The van der Waals surface area contributed by atoms with Crippen molar-refractivity contribution in [1.82, 2.24) is 0 Å². The van der Waals surface area contributed by atoms with Gasteiger partial charge in [0, 0.05) is 0 Å². The lowest BCUT2D eigenvalue weighted by Gasteiger charge is -2.11. The Hall–Kier alpha value is -1.65. The second-order valence-corrected chi connectivity index (χ2v) is 4.54. The third-order valence-electron chi connectivity index (χ3n) is 2.63. The lowest BCUT2D eigenvalue weighted by atomic mass is 9.98. The van der Waals surface area contributed by atoms with Gasteiger partial charge in [0.05, 0.1) is 18.6 Å². The number of primary amides is 1. The maximum atomic E-state index is 11.2. The molecule has 4 heteroatoms. The van der Waals surface area contributed by atoms with Crippen molar-refractivity contribution in [2.45, 2.75) is 32.5 Å². The first kappa shape index (κ1) is 15.4. The Balaban J connectivity index is 2.52. The Kier molecular flexibility index (Phi) is 6.25. The molecule has 4 nitrogen and oxygen atoms in total. The first-order chi connectivity index (χ1) is 9.04. The van der Waals surface area contributed by atoms with E-state index in [2.05, 4.69) is 6.58 Å².